The molecule has 0 N–H and O–H groups in total. The van der Waals surface area contributed by atoms with Crippen LogP contribution in [0.15, 0.2) is 24.3 Å². The van der Waals surface area contributed by atoms with Crippen molar-refractivity contribution >= 4 is 11.6 Å². The van der Waals surface area contributed by atoms with Crippen LogP contribution in [0.5, 0.6) is 0 Å². The molecule has 0 aliphatic carbocycles. The van der Waals surface area contributed by atoms with E-state index < -0.39 is 11.7 Å². The van der Waals surface area contributed by atoms with Gasteiger partial charge in [-0.05, 0) is 43.9 Å². The Morgan fingerprint density at radius 2 is 1.75 bits per heavy atom. The topological polar surface area (TPSA) is 0 Å². The number of hydrogen-bond acceptors (Lipinski definition) is 0. The Bertz CT molecular complexity index is 314. The molecule has 4 heteroatoms. The summed E-state index contributed by atoms with van der Waals surface area (Å²) in [4.78, 5) is 0. The van der Waals surface area contributed by atoms with E-state index in [1.54, 1.807) is 0 Å². The van der Waals surface area contributed by atoms with Gasteiger partial charge >= 0.3 is 6.18 Å². The van der Waals surface area contributed by atoms with Gasteiger partial charge in [0.15, 0.2) is 0 Å². The van der Waals surface area contributed by atoms with E-state index in [0.717, 1.165) is 37.0 Å². The minimum Gasteiger partial charge on any atom is -0.166 e. The first kappa shape index (κ1) is 13.4. The monoisotopic (exact) mass is 250 g/mol. The van der Waals surface area contributed by atoms with E-state index in [2.05, 4.69) is 0 Å². The highest BCUT2D eigenvalue weighted by Crippen LogP contribution is 2.29. The zero-order valence-electron chi connectivity index (χ0n) is 9.02. The van der Waals surface area contributed by atoms with Gasteiger partial charge < -0.3 is 0 Å². The molecule has 0 heterocycles. The molecule has 1 unspecified atom stereocenters. The van der Waals surface area contributed by atoms with E-state index >= 15 is 0 Å². The lowest BCUT2D eigenvalue weighted by Crippen LogP contribution is -2.04. The van der Waals surface area contributed by atoms with Crippen LogP contribution in [0.1, 0.15) is 30.9 Å². The number of rotatable bonds is 4. The van der Waals surface area contributed by atoms with Crippen LogP contribution in [-0.2, 0) is 12.6 Å². The lowest BCUT2D eigenvalue weighted by molar-refractivity contribution is -0.137. The van der Waals surface area contributed by atoms with Gasteiger partial charge in [-0.25, -0.2) is 0 Å². The third-order valence-corrected chi connectivity index (χ3v) is 2.57. The number of alkyl halides is 4. The minimum atomic E-state index is -4.25. The predicted molar refractivity (Wildman–Crippen MR) is 59.7 cm³/mol. The summed E-state index contributed by atoms with van der Waals surface area (Å²) in [6, 6.07) is 5.31. The number of aryl methyl sites for hydroxylation is 1. The fourth-order valence-corrected chi connectivity index (χ4v) is 1.60. The molecule has 0 radical (unpaired) electrons. The zero-order valence-corrected chi connectivity index (χ0v) is 9.78. The van der Waals surface area contributed by atoms with E-state index in [9.17, 15) is 13.2 Å². The number of benzene rings is 1. The molecule has 0 fully saturated rings. The Morgan fingerprint density at radius 3 is 2.19 bits per heavy atom. The third kappa shape index (κ3) is 4.44. The quantitative estimate of drug-likeness (QED) is 0.682. The molecule has 0 aliphatic rings. The van der Waals surface area contributed by atoms with Crippen LogP contribution in [0.3, 0.4) is 0 Å². The van der Waals surface area contributed by atoms with Crippen LogP contribution in [0.4, 0.5) is 13.2 Å². The Morgan fingerprint density at radius 1 is 1.19 bits per heavy atom. The fraction of sp³-hybridized carbons (Fsp3) is 0.500. The van der Waals surface area contributed by atoms with Crippen molar-refractivity contribution < 1.29 is 13.2 Å². The fourth-order valence-electron chi connectivity index (χ4n) is 1.45. The zero-order chi connectivity index (χ0) is 12.2. The van der Waals surface area contributed by atoms with E-state index in [1.165, 1.54) is 12.1 Å². The van der Waals surface area contributed by atoms with Crippen molar-refractivity contribution in [2.75, 3.05) is 0 Å². The first-order chi connectivity index (χ1) is 7.39. The number of hydrogen-bond donors (Lipinski definition) is 0. The molecule has 0 saturated carbocycles. The van der Waals surface area contributed by atoms with Crippen LogP contribution >= 0.6 is 11.6 Å². The van der Waals surface area contributed by atoms with Crippen molar-refractivity contribution in [3.63, 3.8) is 0 Å². The molecule has 0 nitrogen and oxygen atoms in total. The Balaban J connectivity index is 2.52. The van der Waals surface area contributed by atoms with Crippen LogP contribution in [0, 0.1) is 0 Å². The van der Waals surface area contributed by atoms with Crippen LogP contribution in [-0.4, -0.2) is 5.38 Å². The second-order valence-electron chi connectivity index (χ2n) is 3.87. The molecule has 1 atom stereocenters. The van der Waals surface area contributed by atoms with Crippen LogP contribution in [0.2, 0.25) is 0 Å². The smallest absolute Gasteiger partial charge is 0.166 e. The molecule has 0 amide bonds. The maximum Gasteiger partial charge on any atom is 0.416 e. The van der Waals surface area contributed by atoms with Gasteiger partial charge in [0.1, 0.15) is 0 Å². The third-order valence-electron chi connectivity index (χ3n) is 2.35. The lowest BCUT2D eigenvalue weighted by Gasteiger charge is -2.07. The molecular formula is C12H14ClF3. The van der Waals surface area contributed by atoms with Gasteiger partial charge in [-0.2, -0.15) is 13.2 Å². The highest BCUT2D eigenvalue weighted by atomic mass is 35.5. The largest absolute Gasteiger partial charge is 0.416 e. The molecule has 1 aromatic carbocycles. The molecular weight excluding hydrogens is 237 g/mol. The van der Waals surface area contributed by atoms with Crippen molar-refractivity contribution in [3.05, 3.63) is 35.4 Å². The predicted octanol–water partition coefficient (Wildman–Crippen LogP) is 4.66. The summed E-state index contributed by atoms with van der Waals surface area (Å²) in [5, 5.41) is 0.120. The first-order valence-corrected chi connectivity index (χ1v) is 5.63. The highest BCUT2D eigenvalue weighted by Gasteiger charge is 2.29. The van der Waals surface area contributed by atoms with Gasteiger partial charge in [-0.1, -0.05) is 12.1 Å². The molecule has 0 spiro atoms. The van der Waals surface area contributed by atoms with Crippen molar-refractivity contribution in [1.29, 1.82) is 0 Å². The van der Waals surface area contributed by atoms with Crippen LogP contribution in [0.25, 0.3) is 0 Å². The summed E-state index contributed by atoms with van der Waals surface area (Å²) >= 11 is 5.78. The van der Waals surface area contributed by atoms with Gasteiger partial charge in [0.05, 0.1) is 5.56 Å². The Labute approximate surface area is 98.4 Å². The lowest BCUT2D eigenvalue weighted by atomic mass is 10.1. The Hall–Kier alpha value is -0.700. The molecule has 1 rings (SSSR count). The van der Waals surface area contributed by atoms with Gasteiger partial charge in [-0.15, -0.1) is 11.6 Å². The maximum absolute atomic E-state index is 12.3. The van der Waals surface area contributed by atoms with Crippen molar-refractivity contribution in [3.8, 4) is 0 Å². The second kappa shape index (κ2) is 5.58. The van der Waals surface area contributed by atoms with E-state index in [-0.39, 0.29) is 5.38 Å². The standard InChI is InChI=1S/C12H14ClF3/c1-9(13)3-2-4-10-5-7-11(8-6-10)12(14,15)16/h5-9H,2-4H2,1H3. The summed E-state index contributed by atoms with van der Waals surface area (Å²) in [7, 11) is 0. The molecule has 0 aliphatic heterocycles. The van der Waals surface area contributed by atoms with E-state index in [1.807, 2.05) is 6.92 Å². The SMILES string of the molecule is CC(Cl)CCCc1ccc(C(F)(F)F)cc1. The van der Waals surface area contributed by atoms with E-state index in [4.69, 9.17) is 11.6 Å². The molecule has 1 aromatic rings. The van der Waals surface area contributed by atoms with Gasteiger partial charge in [-0.3, -0.25) is 0 Å². The molecule has 16 heavy (non-hydrogen) atoms. The average Bonchev–Trinajstić information content (AvgIpc) is 2.16. The van der Waals surface area contributed by atoms with Gasteiger partial charge in [0.25, 0.3) is 0 Å². The Kier molecular flexibility index (Phi) is 4.66. The highest BCUT2D eigenvalue weighted by molar-refractivity contribution is 6.20. The molecule has 0 saturated heterocycles. The second-order valence-corrected chi connectivity index (χ2v) is 4.61. The molecule has 0 bridgehead atoms. The summed E-state index contributed by atoms with van der Waals surface area (Å²) in [5.74, 6) is 0. The first-order valence-electron chi connectivity index (χ1n) is 5.20. The minimum absolute atomic E-state index is 0.120. The number of halogens is 4. The van der Waals surface area contributed by atoms with Gasteiger partial charge in [0, 0.05) is 5.38 Å². The summed E-state index contributed by atoms with van der Waals surface area (Å²) in [6.07, 6.45) is -1.70. The van der Waals surface area contributed by atoms with Gasteiger partial charge in [0.2, 0.25) is 0 Å². The average molecular weight is 251 g/mol. The summed E-state index contributed by atoms with van der Waals surface area (Å²) in [5.41, 5.74) is 0.326. The molecule has 0 aromatic heterocycles. The van der Waals surface area contributed by atoms with E-state index in [0.29, 0.717) is 0 Å². The van der Waals surface area contributed by atoms with Crippen molar-refractivity contribution in [2.45, 2.75) is 37.7 Å². The van der Waals surface area contributed by atoms with Crippen LogP contribution < -0.4 is 0 Å². The summed E-state index contributed by atoms with van der Waals surface area (Å²) < 4.78 is 36.8. The van der Waals surface area contributed by atoms with Crippen molar-refractivity contribution in [2.24, 2.45) is 0 Å². The normalized spacial score (nSPS) is 13.8. The van der Waals surface area contributed by atoms with Crippen molar-refractivity contribution in [1.82, 2.24) is 0 Å². The molecule has 90 valence electrons. The maximum atomic E-state index is 12.3. The summed E-state index contributed by atoms with van der Waals surface area (Å²) in [6.45, 7) is 1.91.